The predicted octanol–water partition coefficient (Wildman–Crippen LogP) is 2.09. The highest BCUT2D eigenvalue weighted by atomic mass is 16.1. The second kappa shape index (κ2) is 5.57. The number of benzene rings is 1. The maximum absolute atomic E-state index is 12.1. The van der Waals surface area contributed by atoms with Crippen LogP contribution in [0.15, 0.2) is 24.3 Å². The summed E-state index contributed by atoms with van der Waals surface area (Å²) in [6.45, 7) is 3.82. The molecular weight excluding hydrogens is 252 g/mol. The smallest absolute Gasteiger partial charge is 0.228 e. The van der Waals surface area contributed by atoms with Gasteiger partial charge in [0.05, 0.1) is 23.4 Å². The van der Waals surface area contributed by atoms with Crippen molar-refractivity contribution >= 4 is 11.6 Å². The number of amides is 1. The van der Waals surface area contributed by atoms with E-state index in [0.717, 1.165) is 17.0 Å². The summed E-state index contributed by atoms with van der Waals surface area (Å²) in [6, 6.07) is 9.02. The Morgan fingerprint density at radius 2 is 2.10 bits per heavy atom. The van der Waals surface area contributed by atoms with Gasteiger partial charge in [-0.3, -0.25) is 9.48 Å². The standard InChI is InChI=1S/C15H16N4O/c1-10-13(11(2)19(3)18-10)8-15(20)17-14-7-5-4-6-12(14)9-16/h4-7H,8H2,1-3H3,(H,17,20). The van der Waals surface area contributed by atoms with Gasteiger partial charge in [0.15, 0.2) is 0 Å². The number of nitriles is 1. The molecule has 5 heteroatoms. The lowest BCUT2D eigenvalue weighted by Crippen LogP contribution is -2.16. The molecule has 0 aliphatic carbocycles. The number of anilines is 1. The van der Waals surface area contributed by atoms with Gasteiger partial charge in [-0.05, 0) is 26.0 Å². The molecule has 0 spiro atoms. The Balaban J connectivity index is 2.16. The summed E-state index contributed by atoms with van der Waals surface area (Å²) in [6.07, 6.45) is 0.255. The number of carbonyl (C=O) groups is 1. The highest BCUT2D eigenvalue weighted by molar-refractivity contribution is 5.93. The summed E-state index contributed by atoms with van der Waals surface area (Å²) in [4.78, 5) is 12.1. The molecule has 2 aromatic rings. The quantitative estimate of drug-likeness (QED) is 0.926. The van der Waals surface area contributed by atoms with Gasteiger partial charge in [0.2, 0.25) is 5.91 Å². The second-order valence-electron chi connectivity index (χ2n) is 4.66. The fourth-order valence-electron chi connectivity index (χ4n) is 2.12. The Morgan fingerprint density at radius 3 is 2.70 bits per heavy atom. The first kappa shape index (κ1) is 13.8. The largest absolute Gasteiger partial charge is 0.325 e. The van der Waals surface area contributed by atoms with E-state index in [1.807, 2.05) is 20.9 Å². The van der Waals surface area contributed by atoms with Gasteiger partial charge in [-0.2, -0.15) is 10.4 Å². The number of aryl methyl sites for hydroxylation is 2. The van der Waals surface area contributed by atoms with E-state index < -0.39 is 0 Å². The van der Waals surface area contributed by atoms with Crippen molar-refractivity contribution < 1.29 is 4.79 Å². The highest BCUT2D eigenvalue weighted by Gasteiger charge is 2.14. The number of para-hydroxylation sites is 1. The number of nitrogens with one attached hydrogen (secondary N) is 1. The van der Waals surface area contributed by atoms with E-state index in [9.17, 15) is 4.79 Å². The predicted molar refractivity (Wildman–Crippen MR) is 76.2 cm³/mol. The molecule has 1 amide bonds. The monoisotopic (exact) mass is 268 g/mol. The summed E-state index contributed by atoms with van der Waals surface area (Å²) < 4.78 is 1.77. The van der Waals surface area contributed by atoms with Gasteiger partial charge < -0.3 is 5.32 Å². The van der Waals surface area contributed by atoms with Crippen molar-refractivity contribution in [2.75, 3.05) is 5.32 Å². The van der Waals surface area contributed by atoms with Gasteiger partial charge in [-0.15, -0.1) is 0 Å². The van der Waals surface area contributed by atoms with Gasteiger partial charge in [0.1, 0.15) is 6.07 Å². The number of hydrogen-bond acceptors (Lipinski definition) is 3. The van der Waals surface area contributed by atoms with Crippen LogP contribution in [-0.4, -0.2) is 15.7 Å². The molecule has 0 aliphatic rings. The maximum atomic E-state index is 12.1. The van der Waals surface area contributed by atoms with Crippen molar-refractivity contribution in [1.29, 1.82) is 5.26 Å². The molecule has 0 atom stereocenters. The van der Waals surface area contributed by atoms with Crippen LogP contribution >= 0.6 is 0 Å². The number of aromatic nitrogens is 2. The zero-order chi connectivity index (χ0) is 14.7. The molecule has 1 N–H and O–H groups in total. The molecule has 0 aliphatic heterocycles. The van der Waals surface area contributed by atoms with Crippen LogP contribution in [0.25, 0.3) is 0 Å². The third kappa shape index (κ3) is 2.69. The van der Waals surface area contributed by atoms with Gasteiger partial charge in [0, 0.05) is 18.3 Å². The molecule has 102 valence electrons. The molecule has 0 saturated heterocycles. The minimum Gasteiger partial charge on any atom is -0.325 e. The third-order valence-electron chi connectivity index (χ3n) is 3.32. The van der Waals surface area contributed by atoms with E-state index in [1.165, 1.54) is 0 Å². The summed E-state index contributed by atoms with van der Waals surface area (Å²) in [7, 11) is 1.86. The molecule has 0 bridgehead atoms. The average molecular weight is 268 g/mol. The van der Waals surface area contributed by atoms with Crippen molar-refractivity contribution in [2.45, 2.75) is 20.3 Å². The topological polar surface area (TPSA) is 70.7 Å². The van der Waals surface area contributed by atoms with Gasteiger partial charge in [0.25, 0.3) is 0 Å². The average Bonchev–Trinajstić information content (AvgIpc) is 2.66. The number of nitrogens with zero attached hydrogens (tertiary/aromatic N) is 3. The molecule has 5 nitrogen and oxygen atoms in total. The molecule has 1 heterocycles. The molecule has 2 rings (SSSR count). The van der Waals surface area contributed by atoms with Gasteiger partial charge in [-0.1, -0.05) is 12.1 Å². The lowest BCUT2D eigenvalue weighted by molar-refractivity contribution is -0.115. The van der Waals surface area contributed by atoms with E-state index in [0.29, 0.717) is 11.3 Å². The molecule has 0 fully saturated rings. The second-order valence-corrected chi connectivity index (χ2v) is 4.66. The fourth-order valence-corrected chi connectivity index (χ4v) is 2.12. The van der Waals surface area contributed by atoms with E-state index in [2.05, 4.69) is 16.5 Å². The molecule has 0 radical (unpaired) electrons. The van der Waals surface area contributed by atoms with Crippen LogP contribution in [0, 0.1) is 25.2 Å². The van der Waals surface area contributed by atoms with Crippen LogP contribution in [-0.2, 0) is 18.3 Å². The SMILES string of the molecule is Cc1nn(C)c(C)c1CC(=O)Nc1ccccc1C#N. The van der Waals surface area contributed by atoms with Crippen LogP contribution in [0.1, 0.15) is 22.5 Å². The highest BCUT2D eigenvalue weighted by Crippen LogP contribution is 2.16. The summed E-state index contributed by atoms with van der Waals surface area (Å²) in [5.74, 6) is -0.146. The number of hydrogen-bond donors (Lipinski definition) is 1. The number of carbonyl (C=O) groups excluding carboxylic acids is 1. The molecular formula is C15H16N4O. The van der Waals surface area contributed by atoms with Gasteiger partial charge >= 0.3 is 0 Å². The lowest BCUT2D eigenvalue weighted by atomic mass is 10.1. The van der Waals surface area contributed by atoms with Crippen LogP contribution < -0.4 is 5.32 Å². The molecule has 0 unspecified atom stereocenters. The zero-order valence-corrected chi connectivity index (χ0v) is 11.8. The van der Waals surface area contributed by atoms with E-state index >= 15 is 0 Å². The first-order valence-electron chi connectivity index (χ1n) is 6.31. The van der Waals surface area contributed by atoms with Crippen molar-refractivity contribution in [3.8, 4) is 6.07 Å². The lowest BCUT2D eigenvalue weighted by Gasteiger charge is -2.07. The van der Waals surface area contributed by atoms with Crippen molar-refractivity contribution in [1.82, 2.24) is 9.78 Å². The van der Waals surface area contributed by atoms with E-state index in [-0.39, 0.29) is 12.3 Å². The Hall–Kier alpha value is -2.61. The molecule has 1 aromatic heterocycles. The number of rotatable bonds is 3. The van der Waals surface area contributed by atoms with Crippen molar-refractivity contribution in [2.24, 2.45) is 7.05 Å². The summed E-state index contributed by atoms with van der Waals surface area (Å²) >= 11 is 0. The van der Waals surface area contributed by atoms with Crippen LogP contribution in [0.2, 0.25) is 0 Å². The molecule has 0 saturated carbocycles. The zero-order valence-electron chi connectivity index (χ0n) is 11.8. The Bertz CT molecular complexity index is 694. The Labute approximate surface area is 117 Å². The molecule has 1 aromatic carbocycles. The minimum absolute atomic E-state index is 0.146. The maximum Gasteiger partial charge on any atom is 0.228 e. The summed E-state index contributed by atoms with van der Waals surface area (Å²) in [5, 5.41) is 16.1. The van der Waals surface area contributed by atoms with Crippen molar-refractivity contribution in [3.05, 3.63) is 46.8 Å². The minimum atomic E-state index is -0.146. The van der Waals surface area contributed by atoms with Crippen LogP contribution in [0.4, 0.5) is 5.69 Å². The summed E-state index contributed by atoms with van der Waals surface area (Å²) in [5.41, 5.74) is 3.76. The molecule has 20 heavy (non-hydrogen) atoms. The van der Waals surface area contributed by atoms with E-state index in [1.54, 1.807) is 28.9 Å². The Morgan fingerprint density at radius 1 is 1.40 bits per heavy atom. The van der Waals surface area contributed by atoms with Crippen LogP contribution in [0.3, 0.4) is 0 Å². The Kier molecular flexibility index (Phi) is 3.85. The fraction of sp³-hybridized carbons (Fsp3) is 0.267. The van der Waals surface area contributed by atoms with E-state index in [4.69, 9.17) is 5.26 Å². The van der Waals surface area contributed by atoms with Crippen molar-refractivity contribution in [3.63, 3.8) is 0 Å². The third-order valence-corrected chi connectivity index (χ3v) is 3.32. The van der Waals surface area contributed by atoms with Gasteiger partial charge in [-0.25, -0.2) is 0 Å². The first-order valence-corrected chi connectivity index (χ1v) is 6.31. The van der Waals surface area contributed by atoms with Crippen LogP contribution in [0.5, 0.6) is 0 Å². The normalized spacial score (nSPS) is 10.1. The first-order chi connectivity index (χ1) is 9.52.